The van der Waals surface area contributed by atoms with E-state index in [1.807, 2.05) is 12.1 Å². The summed E-state index contributed by atoms with van der Waals surface area (Å²) in [5.41, 5.74) is 3.03. The van der Waals surface area contributed by atoms with Crippen LogP contribution >= 0.6 is 27.5 Å². The lowest BCUT2D eigenvalue weighted by atomic mass is 9.88. The molecule has 1 aliphatic carbocycles. The number of halogens is 3. The fourth-order valence-electron chi connectivity index (χ4n) is 2.76. The van der Waals surface area contributed by atoms with Gasteiger partial charge in [0.15, 0.2) is 0 Å². The molecule has 0 radical (unpaired) electrons. The molecular weight excluding hydrogens is 339 g/mol. The average Bonchev–Trinajstić information content (AvgIpc) is 3.25. The molecule has 104 valence electrons. The number of benzene rings is 2. The summed E-state index contributed by atoms with van der Waals surface area (Å²) in [6.45, 7) is 1.77. The van der Waals surface area contributed by atoms with Gasteiger partial charge in [-0.15, -0.1) is 0 Å². The van der Waals surface area contributed by atoms with E-state index in [1.54, 1.807) is 6.92 Å². The van der Waals surface area contributed by atoms with Crippen molar-refractivity contribution in [1.29, 1.82) is 0 Å². The second-order valence-corrected chi connectivity index (χ2v) is 6.83. The SMILES string of the molecule is Cc1cc(C(Br)C2(c3ccccc3)CC2)c(Cl)cc1F. The standard InChI is InChI=1S/C17H15BrClF/c1-11-9-13(14(19)10-15(11)20)16(18)17(7-8-17)12-5-3-2-4-6-12/h2-6,9-10,16H,7-8H2,1H3. The highest BCUT2D eigenvalue weighted by Crippen LogP contribution is 2.60. The van der Waals surface area contributed by atoms with Crippen LogP contribution in [-0.2, 0) is 5.41 Å². The lowest BCUT2D eigenvalue weighted by Gasteiger charge is -2.24. The van der Waals surface area contributed by atoms with Crippen molar-refractivity contribution < 1.29 is 4.39 Å². The van der Waals surface area contributed by atoms with Gasteiger partial charge in [0.05, 0.1) is 4.83 Å². The van der Waals surface area contributed by atoms with Gasteiger partial charge in [0.2, 0.25) is 0 Å². The number of rotatable bonds is 3. The predicted octanol–water partition coefficient (Wildman–Crippen LogP) is 5.96. The fraction of sp³-hybridized carbons (Fsp3) is 0.294. The van der Waals surface area contributed by atoms with Crippen LogP contribution in [0.25, 0.3) is 0 Å². The molecule has 1 aliphatic rings. The summed E-state index contributed by atoms with van der Waals surface area (Å²) in [6, 6.07) is 13.7. The Morgan fingerprint density at radius 3 is 2.45 bits per heavy atom. The van der Waals surface area contributed by atoms with Gasteiger partial charge in [0, 0.05) is 10.4 Å². The molecule has 1 fully saturated rings. The summed E-state index contributed by atoms with van der Waals surface area (Å²) >= 11 is 10.1. The van der Waals surface area contributed by atoms with Gasteiger partial charge < -0.3 is 0 Å². The van der Waals surface area contributed by atoms with E-state index in [4.69, 9.17) is 11.6 Å². The van der Waals surface area contributed by atoms with E-state index in [-0.39, 0.29) is 16.1 Å². The van der Waals surface area contributed by atoms with Gasteiger partial charge >= 0.3 is 0 Å². The molecule has 3 heteroatoms. The van der Waals surface area contributed by atoms with Crippen LogP contribution in [0.2, 0.25) is 5.02 Å². The summed E-state index contributed by atoms with van der Waals surface area (Å²) in [5, 5.41) is 0.497. The van der Waals surface area contributed by atoms with Crippen LogP contribution < -0.4 is 0 Å². The summed E-state index contributed by atoms with van der Waals surface area (Å²) < 4.78 is 13.6. The van der Waals surface area contributed by atoms with E-state index in [0.717, 1.165) is 18.4 Å². The second kappa shape index (κ2) is 5.16. The number of alkyl halides is 1. The Balaban J connectivity index is 2.01. The Morgan fingerprint density at radius 2 is 1.85 bits per heavy atom. The number of aryl methyl sites for hydroxylation is 1. The highest BCUT2D eigenvalue weighted by atomic mass is 79.9. The lowest BCUT2D eigenvalue weighted by Crippen LogP contribution is -2.14. The lowest BCUT2D eigenvalue weighted by molar-refractivity contribution is 0.614. The van der Waals surface area contributed by atoms with E-state index in [2.05, 4.69) is 40.2 Å². The van der Waals surface area contributed by atoms with Crippen molar-refractivity contribution in [2.75, 3.05) is 0 Å². The van der Waals surface area contributed by atoms with Crippen molar-refractivity contribution in [2.24, 2.45) is 0 Å². The van der Waals surface area contributed by atoms with E-state index in [0.29, 0.717) is 10.6 Å². The number of hydrogen-bond donors (Lipinski definition) is 0. The van der Waals surface area contributed by atoms with Crippen LogP contribution in [0.5, 0.6) is 0 Å². The van der Waals surface area contributed by atoms with E-state index in [9.17, 15) is 4.39 Å². The molecule has 0 heterocycles. The van der Waals surface area contributed by atoms with E-state index in [1.165, 1.54) is 11.6 Å². The van der Waals surface area contributed by atoms with Crippen LogP contribution in [0.1, 0.15) is 34.4 Å². The van der Waals surface area contributed by atoms with Gasteiger partial charge in [-0.3, -0.25) is 0 Å². The van der Waals surface area contributed by atoms with Gasteiger partial charge in [-0.2, -0.15) is 0 Å². The molecule has 0 aromatic heterocycles. The zero-order chi connectivity index (χ0) is 14.3. The summed E-state index contributed by atoms with van der Waals surface area (Å²) in [4.78, 5) is 0.115. The maximum atomic E-state index is 13.6. The van der Waals surface area contributed by atoms with Crippen LogP contribution in [0.4, 0.5) is 4.39 Å². The minimum Gasteiger partial charge on any atom is -0.207 e. The smallest absolute Gasteiger partial charge is 0.127 e. The Hall–Kier alpha value is -0.860. The first-order valence-electron chi connectivity index (χ1n) is 6.70. The molecule has 0 spiro atoms. The first-order chi connectivity index (χ1) is 9.54. The predicted molar refractivity (Wildman–Crippen MR) is 85.2 cm³/mol. The highest BCUT2D eigenvalue weighted by Gasteiger charge is 2.50. The molecule has 0 amide bonds. The third kappa shape index (κ3) is 2.29. The Kier molecular flexibility index (Phi) is 3.64. The summed E-state index contributed by atoms with van der Waals surface area (Å²) in [6.07, 6.45) is 2.25. The molecule has 1 unspecified atom stereocenters. The van der Waals surface area contributed by atoms with Crippen LogP contribution in [-0.4, -0.2) is 0 Å². The van der Waals surface area contributed by atoms with E-state index >= 15 is 0 Å². The Labute approximate surface area is 132 Å². The molecule has 0 saturated heterocycles. The molecule has 1 saturated carbocycles. The van der Waals surface area contributed by atoms with Gasteiger partial charge in [-0.05, 0) is 42.5 Å². The van der Waals surface area contributed by atoms with Crippen molar-refractivity contribution in [3.05, 3.63) is 70.0 Å². The van der Waals surface area contributed by atoms with Gasteiger partial charge in [-0.1, -0.05) is 63.9 Å². The molecule has 0 N–H and O–H groups in total. The van der Waals surface area contributed by atoms with Crippen LogP contribution in [0.3, 0.4) is 0 Å². The van der Waals surface area contributed by atoms with Crippen molar-refractivity contribution in [2.45, 2.75) is 30.0 Å². The maximum absolute atomic E-state index is 13.6. The van der Waals surface area contributed by atoms with Crippen molar-refractivity contribution in [3.63, 3.8) is 0 Å². The third-order valence-electron chi connectivity index (χ3n) is 4.17. The maximum Gasteiger partial charge on any atom is 0.127 e. The van der Waals surface area contributed by atoms with Crippen LogP contribution in [0.15, 0.2) is 42.5 Å². The minimum absolute atomic E-state index is 0.0924. The second-order valence-electron chi connectivity index (χ2n) is 5.51. The Morgan fingerprint density at radius 1 is 1.20 bits per heavy atom. The molecule has 2 aromatic rings. The topological polar surface area (TPSA) is 0 Å². The molecule has 0 nitrogen and oxygen atoms in total. The fourth-order valence-corrected chi connectivity index (χ4v) is 4.26. The van der Waals surface area contributed by atoms with Gasteiger partial charge in [-0.25, -0.2) is 4.39 Å². The van der Waals surface area contributed by atoms with Gasteiger partial charge in [0.25, 0.3) is 0 Å². The van der Waals surface area contributed by atoms with Crippen molar-refractivity contribution >= 4 is 27.5 Å². The molecule has 0 aliphatic heterocycles. The number of hydrogen-bond acceptors (Lipinski definition) is 0. The largest absolute Gasteiger partial charge is 0.207 e. The average molecular weight is 354 g/mol. The molecule has 1 atom stereocenters. The Bertz CT molecular complexity index is 635. The normalized spacial score (nSPS) is 17.8. The first kappa shape index (κ1) is 14.1. The third-order valence-corrected chi connectivity index (χ3v) is 5.87. The monoisotopic (exact) mass is 352 g/mol. The van der Waals surface area contributed by atoms with Crippen LogP contribution in [0, 0.1) is 12.7 Å². The first-order valence-corrected chi connectivity index (χ1v) is 7.99. The molecule has 3 rings (SSSR count). The highest BCUT2D eigenvalue weighted by molar-refractivity contribution is 9.09. The molecular formula is C17H15BrClF. The van der Waals surface area contributed by atoms with E-state index < -0.39 is 0 Å². The quantitative estimate of drug-likeness (QED) is 0.598. The summed E-state index contributed by atoms with van der Waals surface area (Å²) in [5.74, 6) is -0.247. The minimum atomic E-state index is -0.247. The molecule has 0 bridgehead atoms. The van der Waals surface area contributed by atoms with Crippen molar-refractivity contribution in [1.82, 2.24) is 0 Å². The molecule has 20 heavy (non-hydrogen) atoms. The molecule has 2 aromatic carbocycles. The zero-order valence-electron chi connectivity index (χ0n) is 11.2. The van der Waals surface area contributed by atoms with Gasteiger partial charge in [0.1, 0.15) is 5.82 Å². The summed E-state index contributed by atoms with van der Waals surface area (Å²) in [7, 11) is 0. The zero-order valence-corrected chi connectivity index (χ0v) is 13.5. The van der Waals surface area contributed by atoms with Crippen molar-refractivity contribution in [3.8, 4) is 0 Å².